The van der Waals surface area contributed by atoms with Crippen molar-refractivity contribution in [2.45, 2.75) is 0 Å². The summed E-state index contributed by atoms with van der Waals surface area (Å²) in [6.07, 6.45) is 0.869. The molecule has 0 bridgehead atoms. The smallest absolute Gasteiger partial charge is 0.344 e. The van der Waals surface area contributed by atoms with Crippen LogP contribution < -0.4 is 4.18 Å². The first-order valence-electron chi connectivity index (χ1n) is 3.97. The van der Waals surface area contributed by atoms with E-state index in [-0.39, 0.29) is 17.1 Å². The van der Waals surface area contributed by atoms with Gasteiger partial charge in [0.25, 0.3) is 0 Å². The highest BCUT2D eigenvalue weighted by atomic mass is 32.2. The number of phenolic OH excluding ortho intramolecular Hbond substituents is 1. The van der Waals surface area contributed by atoms with Crippen molar-refractivity contribution in [1.29, 1.82) is 0 Å². The molecular weight excluding hydrogens is 255 g/mol. The van der Waals surface area contributed by atoms with Crippen molar-refractivity contribution in [3.63, 3.8) is 0 Å². The van der Waals surface area contributed by atoms with Gasteiger partial charge in [-0.15, -0.1) is 0 Å². The number of carbonyl (C=O) groups is 1. The third-order valence-corrected chi connectivity index (χ3v) is 2.25. The van der Waals surface area contributed by atoms with E-state index in [0.717, 1.165) is 18.4 Å². The zero-order chi connectivity index (χ0) is 12.3. The van der Waals surface area contributed by atoms with E-state index in [1.807, 2.05) is 0 Å². The van der Waals surface area contributed by atoms with Gasteiger partial charge in [0.1, 0.15) is 17.1 Å². The van der Waals surface area contributed by atoms with Gasteiger partial charge in [0, 0.05) is 6.07 Å². The Morgan fingerprint density at radius 3 is 2.56 bits per heavy atom. The number of hydrogen-bond donors (Lipinski definition) is 1. The molecule has 0 aliphatic heterocycles. The van der Waals surface area contributed by atoms with Gasteiger partial charge in [-0.2, -0.15) is 8.42 Å². The molecule has 1 rings (SSSR count). The van der Waals surface area contributed by atoms with Gasteiger partial charge in [-0.25, -0.2) is 4.79 Å². The normalized spacial score (nSPS) is 10.9. The molecule has 1 N–H and O–H groups in total. The zero-order valence-electron chi connectivity index (χ0n) is 8.21. The molecule has 0 spiro atoms. The van der Waals surface area contributed by atoms with E-state index in [9.17, 15) is 18.3 Å². The molecule has 0 aromatic heterocycles. The van der Waals surface area contributed by atoms with Crippen molar-refractivity contribution in [3.05, 3.63) is 23.8 Å². The minimum absolute atomic E-state index is 0.0781. The largest absolute Gasteiger partial charge is 0.507 e. The Balaban J connectivity index is 3.12. The lowest BCUT2D eigenvalue weighted by Crippen LogP contribution is -2.07. The van der Waals surface area contributed by atoms with Crippen molar-refractivity contribution >= 4 is 25.6 Å². The van der Waals surface area contributed by atoms with Gasteiger partial charge < -0.3 is 13.8 Å². The molecule has 0 saturated heterocycles. The summed E-state index contributed by atoms with van der Waals surface area (Å²) in [6.45, 7) is 0. The predicted molar refractivity (Wildman–Crippen MR) is 58.7 cm³/mol. The van der Waals surface area contributed by atoms with Crippen LogP contribution in [0.25, 0.3) is 0 Å². The van der Waals surface area contributed by atoms with E-state index < -0.39 is 16.1 Å². The van der Waals surface area contributed by atoms with Gasteiger partial charge in [0.2, 0.25) is 0 Å². The molecule has 0 aliphatic rings. The highest BCUT2D eigenvalue weighted by molar-refractivity contribution is 7.86. The Hall–Kier alpha value is -1.33. The first kappa shape index (κ1) is 12.7. The fraction of sp³-hybridized carbons (Fsp3) is 0.125. The van der Waals surface area contributed by atoms with Gasteiger partial charge in [-0.1, -0.05) is 0 Å². The van der Waals surface area contributed by atoms with Crippen molar-refractivity contribution in [2.75, 3.05) is 6.26 Å². The summed E-state index contributed by atoms with van der Waals surface area (Å²) in [4.78, 5) is 11.1. The number of hydrogen-bond acceptors (Lipinski definition) is 6. The van der Waals surface area contributed by atoms with Crippen LogP contribution in [0.3, 0.4) is 0 Å². The lowest BCUT2D eigenvalue weighted by Gasteiger charge is -2.06. The Morgan fingerprint density at radius 1 is 1.44 bits per heavy atom. The second-order valence-electron chi connectivity index (χ2n) is 2.87. The van der Waals surface area contributed by atoms with Crippen LogP contribution >= 0.6 is 9.47 Å². The number of rotatable bonds is 3. The highest BCUT2D eigenvalue weighted by Gasteiger charge is 2.14. The van der Waals surface area contributed by atoms with Crippen molar-refractivity contribution in [3.8, 4) is 11.5 Å². The monoisotopic (exact) mass is 264 g/mol. The number of carbonyl (C=O) groups excluding carboxylic acids is 1. The maximum atomic E-state index is 11.1. The van der Waals surface area contributed by atoms with Gasteiger partial charge >= 0.3 is 16.1 Å². The molecule has 0 aliphatic carbocycles. The van der Waals surface area contributed by atoms with Crippen molar-refractivity contribution in [1.82, 2.24) is 0 Å². The summed E-state index contributed by atoms with van der Waals surface area (Å²) in [5.74, 6) is -1.22. The molecule has 1 aromatic carbocycles. The SMILES string of the molecule is CS(=O)(=O)Oc1ccc(O)c(C(=O)OP)c1. The van der Waals surface area contributed by atoms with Crippen LogP contribution in [0.15, 0.2) is 18.2 Å². The lowest BCUT2D eigenvalue weighted by atomic mass is 10.2. The zero-order valence-corrected chi connectivity index (χ0v) is 10.2. The average molecular weight is 264 g/mol. The summed E-state index contributed by atoms with van der Waals surface area (Å²) in [5.41, 5.74) is -0.184. The van der Waals surface area contributed by atoms with E-state index in [0.29, 0.717) is 0 Å². The van der Waals surface area contributed by atoms with E-state index >= 15 is 0 Å². The molecule has 8 heteroatoms. The lowest BCUT2D eigenvalue weighted by molar-refractivity contribution is 0.0762. The molecule has 0 heterocycles. The average Bonchev–Trinajstić information content (AvgIpc) is 2.18. The van der Waals surface area contributed by atoms with Gasteiger partial charge in [-0.05, 0) is 12.1 Å². The first-order valence-corrected chi connectivity index (χ1v) is 6.26. The standard InChI is InChI=1S/C8H9O6PS/c1-16(11,12)14-5-2-3-7(9)6(4-5)8(10)13-15/h2-4,9H,15H2,1H3. The molecule has 0 fully saturated rings. The molecule has 6 nitrogen and oxygen atoms in total. The molecule has 1 aromatic rings. The third-order valence-electron chi connectivity index (χ3n) is 1.54. The van der Waals surface area contributed by atoms with Gasteiger partial charge in [0.05, 0.1) is 15.7 Å². The molecule has 0 radical (unpaired) electrons. The fourth-order valence-electron chi connectivity index (χ4n) is 0.969. The predicted octanol–water partition coefficient (Wildman–Crippen LogP) is 0.677. The minimum Gasteiger partial charge on any atom is -0.507 e. The van der Waals surface area contributed by atoms with Crippen molar-refractivity contribution in [2.24, 2.45) is 0 Å². The maximum absolute atomic E-state index is 11.1. The highest BCUT2D eigenvalue weighted by Crippen LogP contribution is 2.25. The maximum Gasteiger partial charge on any atom is 0.344 e. The Labute approximate surface area is 94.6 Å². The topological polar surface area (TPSA) is 89.9 Å². The summed E-state index contributed by atoms with van der Waals surface area (Å²) >= 11 is 0. The van der Waals surface area contributed by atoms with Crippen LogP contribution in [0.2, 0.25) is 0 Å². The van der Waals surface area contributed by atoms with E-state index in [4.69, 9.17) is 0 Å². The second-order valence-corrected chi connectivity index (χ2v) is 4.68. The third kappa shape index (κ3) is 3.36. The Kier molecular flexibility index (Phi) is 3.72. The van der Waals surface area contributed by atoms with E-state index in [1.54, 1.807) is 9.47 Å². The number of phenols is 1. The van der Waals surface area contributed by atoms with Gasteiger partial charge in [0.15, 0.2) is 0 Å². The minimum atomic E-state index is -3.68. The first-order chi connectivity index (χ1) is 7.33. The van der Waals surface area contributed by atoms with Crippen LogP contribution in [-0.4, -0.2) is 25.7 Å². The quantitative estimate of drug-likeness (QED) is 0.637. The van der Waals surface area contributed by atoms with Crippen LogP contribution in [0.1, 0.15) is 10.4 Å². The van der Waals surface area contributed by atoms with E-state index in [1.165, 1.54) is 6.07 Å². The fourth-order valence-corrected chi connectivity index (χ4v) is 1.55. The van der Waals surface area contributed by atoms with E-state index in [2.05, 4.69) is 8.71 Å². The Morgan fingerprint density at radius 2 is 2.06 bits per heavy atom. The number of aromatic hydroxyl groups is 1. The molecule has 0 saturated carbocycles. The van der Waals surface area contributed by atoms with Crippen LogP contribution in [0.5, 0.6) is 11.5 Å². The molecular formula is C8H9O6PS. The summed E-state index contributed by atoms with van der Waals surface area (Å²) in [5, 5.41) is 9.32. The molecule has 1 unspecified atom stereocenters. The van der Waals surface area contributed by atoms with Crippen LogP contribution in [-0.2, 0) is 14.6 Å². The number of benzene rings is 1. The van der Waals surface area contributed by atoms with Crippen molar-refractivity contribution < 1.29 is 27.0 Å². The summed E-state index contributed by atoms with van der Waals surface area (Å²) in [6, 6.07) is 3.43. The summed E-state index contributed by atoms with van der Waals surface area (Å²) in [7, 11) is -1.95. The summed E-state index contributed by atoms with van der Waals surface area (Å²) < 4.78 is 30.5. The second kappa shape index (κ2) is 4.67. The Bertz CT molecular complexity index is 509. The molecule has 1 atom stereocenters. The molecule has 0 amide bonds. The molecule has 88 valence electrons. The van der Waals surface area contributed by atoms with Crippen LogP contribution in [0.4, 0.5) is 0 Å². The van der Waals surface area contributed by atoms with Gasteiger partial charge in [-0.3, -0.25) is 0 Å². The molecule has 16 heavy (non-hydrogen) atoms. The van der Waals surface area contributed by atoms with Crippen LogP contribution in [0, 0.1) is 0 Å².